The van der Waals surface area contributed by atoms with Crippen molar-refractivity contribution in [3.05, 3.63) is 0 Å². The Morgan fingerprint density at radius 2 is 1.89 bits per heavy atom. The Labute approximate surface area is 113 Å². The Hall–Kier alpha value is -1.30. The smallest absolute Gasteiger partial charge is 0.411 e. The lowest BCUT2D eigenvalue weighted by Gasteiger charge is -2.37. The van der Waals surface area contributed by atoms with Gasteiger partial charge in [-0.3, -0.25) is 4.90 Å². The van der Waals surface area contributed by atoms with Crippen LogP contribution in [0.1, 0.15) is 33.6 Å². The third-order valence-electron chi connectivity index (χ3n) is 3.85. The second-order valence-corrected chi connectivity index (χ2v) is 6.24. The third kappa shape index (κ3) is 2.41. The van der Waals surface area contributed by atoms with Crippen LogP contribution >= 0.6 is 0 Å². The molecular weight excluding hydrogens is 248 g/mol. The van der Waals surface area contributed by atoms with Crippen molar-refractivity contribution in [1.82, 2.24) is 4.90 Å². The molecule has 0 spiro atoms. The van der Waals surface area contributed by atoms with Gasteiger partial charge in [-0.25, -0.2) is 9.59 Å². The van der Waals surface area contributed by atoms with E-state index < -0.39 is 23.7 Å². The minimum Gasteiger partial charge on any atom is -0.467 e. The fourth-order valence-corrected chi connectivity index (χ4v) is 2.88. The number of esters is 1. The maximum atomic E-state index is 12.3. The van der Waals surface area contributed by atoms with Crippen LogP contribution in [0.25, 0.3) is 0 Å². The number of fused-ring (bicyclic) bond motifs is 1. The molecule has 1 heterocycles. The summed E-state index contributed by atoms with van der Waals surface area (Å²) < 4.78 is 10.1. The van der Waals surface area contributed by atoms with Crippen molar-refractivity contribution in [3.8, 4) is 0 Å². The number of hydrogen-bond donors (Lipinski definition) is 1. The Morgan fingerprint density at radius 3 is 2.32 bits per heavy atom. The molecule has 4 atom stereocenters. The number of hydrogen-bond acceptors (Lipinski definition) is 5. The summed E-state index contributed by atoms with van der Waals surface area (Å²) in [6.45, 7) is 5.39. The Kier molecular flexibility index (Phi) is 3.47. The van der Waals surface area contributed by atoms with Crippen molar-refractivity contribution >= 4 is 12.1 Å². The summed E-state index contributed by atoms with van der Waals surface area (Å²) in [6.07, 6.45) is 1.33. The van der Waals surface area contributed by atoms with E-state index in [1.165, 1.54) is 12.0 Å². The fraction of sp³-hybridized carbons (Fsp3) is 0.846. The first-order valence-corrected chi connectivity index (χ1v) is 6.61. The normalized spacial score (nSPS) is 33.4. The number of nitrogens with two attached hydrogens (primary N) is 1. The van der Waals surface area contributed by atoms with Crippen LogP contribution in [0.5, 0.6) is 0 Å². The quantitative estimate of drug-likeness (QED) is 0.715. The van der Waals surface area contributed by atoms with Crippen molar-refractivity contribution in [3.63, 3.8) is 0 Å². The summed E-state index contributed by atoms with van der Waals surface area (Å²) in [5.41, 5.74) is 5.49. The molecule has 6 nitrogen and oxygen atoms in total. The lowest BCUT2D eigenvalue weighted by Crippen LogP contribution is -2.51. The van der Waals surface area contributed by atoms with Crippen LogP contribution in [0.15, 0.2) is 0 Å². The van der Waals surface area contributed by atoms with E-state index in [1.54, 1.807) is 20.8 Å². The number of likely N-dealkylation sites (tertiary alicyclic amines) is 1. The maximum Gasteiger partial charge on any atom is 0.411 e. The molecular formula is C13H22N2O4. The first-order chi connectivity index (χ1) is 8.76. The van der Waals surface area contributed by atoms with Crippen molar-refractivity contribution in [2.45, 2.75) is 57.3 Å². The largest absolute Gasteiger partial charge is 0.467 e. The van der Waals surface area contributed by atoms with Crippen molar-refractivity contribution in [1.29, 1.82) is 0 Å². The molecule has 2 fully saturated rings. The zero-order valence-electron chi connectivity index (χ0n) is 11.9. The molecule has 0 radical (unpaired) electrons. The van der Waals surface area contributed by atoms with Gasteiger partial charge >= 0.3 is 12.1 Å². The van der Waals surface area contributed by atoms with E-state index >= 15 is 0 Å². The highest BCUT2D eigenvalue weighted by atomic mass is 16.6. The molecule has 2 N–H and O–H groups in total. The van der Waals surface area contributed by atoms with Gasteiger partial charge in [-0.05, 0) is 39.5 Å². The molecule has 2 rings (SSSR count). The first kappa shape index (κ1) is 14.1. The SMILES string of the molecule is COC(=O)C1C(N)C2CCC2N1C(=O)OC(C)(C)C. The lowest BCUT2D eigenvalue weighted by molar-refractivity contribution is -0.146. The standard InChI is InChI=1S/C13H22N2O4/c1-13(2,3)19-12(17)15-8-6-5-7(8)9(14)10(15)11(16)18-4/h7-10H,5-6,14H2,1-4H3. The first-order valence-electron chi connectivity index (χ1n) is 6.61. The lowest BCUT2D eigenvalue weighted by atomic mass is 9.77. The average Bonchev–Trinajstić information content (AvgIpc) is 2.42. The van der Waals surface area contributed by atoms with Crippen LogP contribution in [0.4, 0.5) is 4.79 Å². The van der Waals surface area contributed by atoms with E-state index in [2.05, 4.69) is 0 Å². The minimum atomic E-state index is -0.725. The van der Waals surface area contributed by atoms with E-state index in [4.69, 9.17) is 15.2 Å². The summed E-state index contributed by atoms with van der Waals surface area (Å²) in [6, 6.07) is -1.08. The van der Waals surface area contributed by atoms with Gasteiger partial charge < -0.3 is 15.2 Å². The van der Waals surface area contributed by atoms with Gasteiger partial charge in [0.25, 0.3) is 0 Å². The molecule has 108 valence electrons. The van der Waals surface area contributed by atoms with E-state index in [9.17, 15) is 9.59 Å². The molecule has 4 unspecified atom stereocenters. The zero-order valence-corrected chi connectivity index (χ0v) is 11.9. The van der Waals surface area contributed by atoms with Gasteiger partial charge in [-0.15, -0.1) is 0 Å². The van der Waals surface area contributed by atoms with Crippen molar-refractivity contribution in [2.24, 2.45) is 11.7 Å². The predicted molar refractivity (Wildman–Crippen MR) is 68.4 cm³/mol. The van der Waals surface area contributed by atoms with Gasteiger partial charge in [0, 0.05) is 12.1 Å². The molecule has 0 aromatic rings. The summed E-state index contributed by atoms with van der Waals surface area (Å²) >= 11 is 0. The van der Waals surface area contributed by atoms with Crippen LogP contribution in [0.3, 0.4) is 0 Å². The topological polar surface area (TPSA) is 81.9 Å². The Bertz CT molecular complexity index is 391. The molecule has 19 heavy (non-hydrogen) atoms. The van der Waals surface area contributed by atoms with Crippen LogP contribution in [-0.2, 0) is 14.3 Å². The minimum absolute atomic E-state index is 0.00829. The number of carbonyl (C=O) groups is 2. The molecule has 0 aromatic carbocycles. The predicted octanol–water partition coefficient (Wildman–Crippen LogP) is 0.885. The summed E-state index contributed by atoms with van der Waals surface area (Å²) in [4.78, 5) is 25.6. The number of ether oxygens (including phenoxy) is 2. The second kappa shape index (κ2) is 4.67. The highest BCUT2D eigenvalue weighted by Crippen LogP contribution is 2.43. The van der Waals surface area contributed by atoms with E-state index in [0.29, 0.717) is 0 Å². The van der Waals surface area contributed by atoms with Crippen LogP contribution in [0.2, 0.25) is 0 Å². The second-order valence-electron chi connectivity index (χ2n) is 6.24. The number of amides is 1. The molecule has 0 bridgehead atoms. The highest BCUT2D eigenvalue weighted by Gasteiger charge is 2.57. The number of carbonyl (C=O) groups excluding carboxylic acids is 2. The molecule has 1 saturated carbocycles. The van der Waals surface area contributed by atoms with Crippen LogP contribution in [0, 0.1) is 5.92 Å². The van der Waals surface area contributed by atoms with Gasteiger partial charge in [-0.1, -0.05) is 0 Å². The fourth-order valence-electron chi connectivity index (χ4n) is 2.88. The summed E-state index contributed by atoms with van der Waals surface area (Å²) in [5, 5.41) is 0. The van der Waals surface area contributed by atoms with Gasteiger partial charge in [0.15, 0.2) is 0 Å². The molecule has 1 saturated heterocycles. The van der Waals surface area contributed by atoms with Crippen LogP contribution in [-0.4, -0.2) is 47.8 Å². The number of methoxy groups -OCH3 is 1. The molecule has 0 aromatic heterocycles. The van der Waals surface area contributed by atoms with Crippen LogP contribution < -0.4 is 5.73 Å². The maximum absolute atomic E-state index is 12.3. The molecule has 1 aliphatic carbocycles. The Balaban J connectivity index is 2.20. The van der Waals surface area contributed by atoms with Gasteiger partial charge in [-0.2, -0.15) is 0 Å². The Morgan fingerprint density at radius 1 is 1.26 bits per heavy atom. The third-order valence-corrected chi connectivity index (χ3v) is 3.85. The van der Waals surface area contributed by atoms with Gasteiger partial charge in [0.05, 0.1) is 7.11 Å². The molecule has 6 heteroatoms. The van der Waals surface area contributed by atoms with E-state index in [-0.39, 0.29) is 18.0 Å². The number of nitrogens with zero attached hydrogens (tertiary/aromatic N) is 1. The van der Waals surface area contributed by atoms with E-state index in [0.717, 1.165) is 12.8 Å². The van der Waals surface area contributed by atoms with Crippen molar-refractivity contribution in [2.75, 3.05) is 7.11 Å². The van der Waals surface area contributed by atoms with Crippen molar-refractivity contribution < 1.29 is 19.1 Å². The summed E-state index contributed by atoms with van der Waals surface area (Å²) in [5.74, 6) is -0.288. The zero-order chi connectivity index (χ0) is 14.4. The summed E-state index contributed by atoms with van der Waals surface area (Å²) in [7, 11) is 1.31. The molecule has 1 amide bonds. The molecule has 2 aliphatic rings. The van der Waals surface area contributed by atoms with E-state index in [1.807, 2.05) is 0 Å². The van der Waals surface area contributed by atoms with Gasteiger partial charge in [0.1, 0.15) is 11.6 Å². The average molecular weight is 270 g/mol. The monoisotopic (exact) mass is 270 g/mol. The van der Waals surface area contributed by atoms with Gasteiger partial charge in [0.2, 0.25) is 0 Å². The molecule has 1 aliphatic heterocycles. The highest BCUT2D eigenvalue weighted by molar-refractivity contribution is 5.83. The number of rotatable bonds is 1.